The highest BCUT2D eigenvalue weighted by Crippen LogP contribution is 2.21. The van der Waals surface area contributed by atoms with E-state index >= 15 is 0 Å². The Hall–Kier alpha value is -3.08. The van der Waals surface area contributed by atoms with Gasteiger partial charge in [0.15, 0.2) is 12.0 Å². The average molecular weight is 323 g/mol. The number of nitrogens with zero attached hydrogens (tertiary/aromatic N) is 1. The number of ether oxygens (including phenoxy) is 2. The first-order chi connectivity index (χ1) is 11.8. The summed E-state index contributed by atoms with van der Waals surface area (Å²) in [6, 6.07) is 12.6. The molecule has 3 aromatic rings. The van der Waals surface area contributed by atoms with E-state index in [1.807, 2.05) is 31.2 Å². The van der Waals surface area contributed by atoms with Gasteiger partial charge in [0.2, 0.25) is 0 Å². The number of carbonyl (C=O) groups excluding carboxylic acids is 1. The lowest BCUT2D eigenvalue weighted by Gasteiger charge is -2.07. The van der Waals surface area contributed by atoms with E-state index in [-0.39, 0.29) is 0 Å². The molecular formula is C19H17NO4. The number of aromatic nitrogens is 1. The first-order valence-corrected chi connectivity index (χ1v) is 7.71. The van der Waals surface area contributed by atoms with E-state index < -0.39 is 5.97 Å². The molecule has 5 heteroatoms. The maximum atomic E-state index is 12.0. The van der Waals surface area contributed by atoms with E-state index in [2.05, 4.69) is 4.98 Å². The molecule has 3 rings (SSSR count). The highest BCUT2D eigenvalue weighted by molar-refractivity contribution is 5.89. The zero-order valence-electron chi connectivity index (χ0n) is 13.3. The number of carbonyl (C=O) groups is 1. The Kier molecular flexibility index (Phi) is 4.91. The summed E-state index contributed by atoms with van der Waals surface area (Å²) in [6.45, 7) is 2.68. The zero-order valence-corrected chi connectivity index (χ0v) is 13.3. The van der Waals surface area contributed by atoms with Crippen molar-refractivity contribution in [1.29, 1.82) is 0 Å². The van der Waals surface area contributed by atoms with Gasteiger partial charge in [-0.3, -0.25) is 0 Å². The summed E-state index contributed by atoms with van der Waals surface area (Å²) in [6.07, 6.45) is 5.33. The second kappa shape index (κ2) is 7.46. The van der Waals surface area contributed by atoms with E-state index in [9.17, 15) is 4.79 Å². The topological polar surface area (TPSA) is 61.6 Å². The molecule has 0 N–H and O–H groups in total. The number of hydrogen-bond acceptors (Lipinski definition) is 5. The molecule has 5 nitrogen and oxygen atoms in total. The van der Waals surface area contributed by atoms with Gasteiger partial charge in [0.05, 0.1) is 6.61 Å². The maximum absolute atomic E-state index is 12.0. The molecule has 2 aromatic carbocycles. The minimum absolute atomic E-state index is 0.418. The maximum Gasteiger partial charge on any atom is 0.336 e. The normalized spacial score (nSPS) is 11.0. The van der Waals surface area contributed by atoms with Crippen LogP contribution in [-0.4, -0.2) is 17.6 Å². The summed E-state index contributed by atoms with van der Waals surface area (Å²) >= 11 is 0. The highest BCUT2D eigenvalue weighted by Gasteiger charge is 2.05. The summed E-state index contributed by atoms with van der Waals surface area (Å²) < 4.78 is 16.1. The molecule has 0 saturated carbocycles. The molecule has 0 bridgehead atoms. The van der Waals surface area contributed by atoms with Crippen molar-refractivity contribution in [2.75, 3.05) is 6.61 Å². The Labute approximate surface area is 139 Å². The first-order valence-electron chi connectivity index (χ1n) is 7.71. The Balaban J connectivity index is 1.69. The van der Waals surface area contributed by atoms with Crippen LogP contribution < -0.4 is 9.47 Å². The summed E-state index contributed by atoms with van der Waals surface area (Å²) in [4.78, 5) is 16.0. The molecule has 0 unspecified atom stereocenters. The molecule has 0 atom stereocenters. The Morgan fingerprint density at radius 2 is 2.12 bits per heavy atom. The molecule has 1 aromatic heterocycles. The zero-order chi connectivity index (χ0) is 16.8. The van der Waals surface area contributed by atoms with Crippen LogP contribution in [0.1, 0.15) is 18.9 Å². The molecule has 1 heterocycles. The van der Waals surface area contributed by atoms with Gasteiger partial charge in [-0.15, -0.1) is 0 Å². The lowest BCUT2D eigenvalue weighted by atomic mass is 10.2. The van der Waals surface area contributed by atoms with Crippen LogP contribution >= 0.6 is 0 Å². The van der Waals surface area contributed by atoms with Gasteiger partial charge >= 0.3 is 5.97 Å². The molecule has 24 heavy (non-hydrogen) atoms. The van der Waals surface area contributed by atoms with Gasteiger partial charge in [-0.1, -0.05) is 25.1 Å². The van der Waals surface area contributed by atoms with Crippen LogP contribution in [0.2, 0.25) is 0 Å². The van der Waals surface area contributed by atoms with E-state index in [1.165, 1.54) is 12.5 Å². The lowest BCUT2D eigenvalue weighted by Crippen LogP contribution is -2.03. The van der Waals surface area contributed by atoms with Crippen LogP contribution in [0.5, 0.6) is 11.5 Å². The highest BCUT2D eigenvalue weighted by atomic mass is 16.5. The second-order valence-electron chi connectivity index (χ2n) is 5.12. The van der Waals surface area contributed by atoms with Gasteiger partial charge in [0.1, 0.15) is 17.0 Å². The number of para-hydroxylation sites is 1. The van der Waals surface area contributed by atoms with Gasteiger partial charge in [-0.05, 0) is 30.7 Å². The van der Waals surface area contributed by atoms with Crippen molar-refractivity contribution in [2.24, 2.45) is 0 Å². The summed E-state index contributed by atoms with van der Waals surface area (Å²) in [5.41, 5.74) is 2.12. The molecule has 0 radical (unpaired) electrons. The van der Waals surface area contributed by atoms with Crippen LogP contribution in [-0.2, 0) is 4.79 Å². The van der Waals surface area contributed by atoms with Crippen LogP contribution in [0.4, 0.5) is 0 Å². The molecule has 0 amide bonds. The van der Waals surface area contributed by atoms with Crippen LogP contribution in [0.3, 0.4) is 0 Å². The predicted molar refractivity (Wildman–Crippen MR) is 90.9 cm³/mol. The van der Waals surface area contributed by atoms with Gasteiger partial charge in [-0.2, -0.15) is 0 Å². The van der Waals surface area contributed by atoms with Gasteiger partial charge in [-0.25, -0.2) is 9.78 Å². The Morgan fingerprint density at radius 3 is 3.00 bits per heavy atom. The average Bonchev–Trinajstić information content (AvgIpc) is 3.06. The van der Waals surface area contributed by atoms with Crippen molar-refractivity contribution in [3.05, 3.63) is 60.5 Å². The van der Waals surface area contributed by atoms with E-state index in [4.69, 9.17) is 13.9 Å². The quantitative estimate of drug-likeness (QED) is 0.386. The van der Waals surface area contributed by atoms with Crippen molar-refractivity contribution in [3.63, 3.8) is 0 Å². The standard InChI is InChI=1S/C19H17NO4/c1-2-11-22-17-6-4-3-5-14(17)7-10-19(21)24-15-8-9-18-16(12-15)20-13-23-18/h3-10,12-13H,2,11H2,1H3/b10-7+. The Bertz CT molecular complexity index is 866. The lowest BCUT2D eigenvalue weighted by molar-refractivity contribution is -0.128. The van der Waals surface area contributed by atoms with Gasteiger partial charge in [0, 0.05) is 17.7 Å². The first kappa shape index (κ1) is 15.8. The van der Waals surface area contributed by atoms with E-state index in [0.717, 1.165) is 17.7 Å². The summed E-state index contributed by atoms with van der Waals surface area (Å²) in [7, 11) is 0. The third-order valence-electron chi connectivity index (χ3n) is 3.30. The van der Waals surface area contributed by atoms with E-state index in [1.54, 1.807) is 24.3 Å². The fourth-order valence-electron chi connectivity index (χ4n) is 2.17. The number of rotatable bonds is 6. The molecule has 122 valence electrons. The smallest absolute Gasteiger partial charge is 0.336 e. The number of oxazole rings is 1. The molecule has 0 aliphatic rings. The van der Waals surface area contributed by atoms with Gasteiger partial charge < -0.3 is 13.9 Å². The minimum Gasteiger partial charge on any atom is -0.493 e. The van der Waals surface area contributed by atoms with Crippen LogP contribution in [0.25, 0.3) is 17.2 Å². The SMILES string of the molecule is CCCOc1ccccc1/C=C/C(=O)Oc1ccc2ocnc2c1. The monoisotopic (exact) mass is 323 g/mol. The number of benzene rings is 2. The summed E-state index contributed by atoms with van der Waals surface area (Å²) in [5.74, 6) is 0.692. The molecule has 0 aliphatic heterocycles. The third kappa shape index (κ3) is 3.81. The second-order valence-corrected chi connectivity index (χ2v) is 5.12. The van der Waals surface area contributed by atoms with Crippen LogP contribution in [0, 0.1) is 0 Å². The van der Waals surface area contributed by atoms with Gasteiger partial charge in [0.25, 0.3) is 0 Å². The number of esters is 1. The summed E-state index contributed by atoms with van der Waals surface area (Å²) in [5, 5.41) is 0. The van der Waals surface area contributed by atoms with Crippen molar-refractivity contribution >= 4 is 23.1 Å². The fraction of sp³-hybridized carbons (Fsp3) is 0.158. The predicted octanol–water partition coefficient (Wildman–Crippen LogP) is 4.24. The minimum atomic E-state index is -0.469. The van der Waals surface area contributed by atoms with Crippen molar-refractivity contribution in [2.45, 2.75) is 13.3 Å². The molecule has 0 fully saturated rings. The van der Waals surface area contributed by atoms with Crippen molar-refractivity contribution < 1.29 is 18.7 Å². The van der Waals surface area contributed by atoms with Crippen molar-refractivity contribution in [1.82, 2.24) is 4.98 Å². The third-order valence-corrected chi connectivity index (χ3v) is 3.30. The van der Waals surface area contributed by atoms with E-state index in [0.29, 0.717) is 23.5 Å². The molecular weight excluding hydrogens is 306 g/mol. The molecule has 0 saturated heterocycles. The number of fused-ring (bicyclic) bond motifs is 1. The van der Waals surface area contributed by atoms with Crippen LogP contribution in [0.15, 0.2) is 59.4 Å². The Morgan fingerprint density at radius 1 is 1.25 bits per heavy atom. The molecule has 0 spiro atoms. The number of hydrogen-bond donors (Lipinski definition) is 0. The largest absolute Gasteiger partial charge is 0.493 e. The molecule has 0 aliphatic carbocycles. The fourth-order valence-corrected chi connectivity index (χ4v) is 2.17. The van der Waals surface area contributed by atoms with Crippen molar-refractivity contribution in [3.8, 4) is 11.5 Å².